The van der Waals surface area contributed by atoms with Gasteiger partial charge in [-0.1, -0.05) is 0 Å². The van der Waals surface area contributed by atoms with Gasteiger partial charge in [0.25, 0.3) is 11.8 Å². The zero-order valence-corrected chi connectivity index (χ0v) is 19.2. The van der Waals surface area contributed by atoms with Crippen LogP contribution in [0.2, 0.25) is 0 Å². The fourth-order valence-electron chi connectivity index (χ4n) is 3.78. The number of thiophene rings is 1. The highest BCUT2D eigenvalue weighted by Crippen LogP contribution is 2.38. The van der Waals surface area contributed by atoms with E-state index < -0.39 is 10.8 Å². The molecule has 1 fully saturated rings. The van der Waals surface area contributed by atoms with Crippen LogP contribution in [-0.2, 0) is 4.74 Å². The minimum atomic E-state index is -0.611. The number of carbonyl (C=O) groups excluding carboxylic acids is 2. The van der Waals surface area contributed by atoms with Crippen molar-refractivity contribution < 1.29 is 24.0 Å². The number of anilines is 1. The number of carbonyl (C=O) groups is 2. The maximum absolute atomic E-state index is 13.3. The van der Waals surface area contributed by atoms with Crippen LogP contribution in [0.5, 0.6) is 5.75 Å². The summed E-state index contributed by atoms with van der Waals surface area (Å²) >= 11 is 1.22. The van der Waals surface area contributed by atoms with E-state index in [-0.39, 0.29) is 22.9 Å². The number of aromatic nitrogens is 1. The summed E-state index contributed by atoms with van der Waals surface area (Å²) in [6, 6.07) is 5.84. The number of fused-ring (bicyclic) bond motifs is 1. The first-order valence-electron chi connectivity index (χ1n) is 10.2. The molecule has 0 radical (unpaired) electrons. The first-order chi connectivity index (χ1) is 15.8. The van der Waals surface area contributed by atoms with Gasteiger partial charge in [0.15, 0.2) is 5.75 Å². The Morgan fingerprint density at radius 1 is 1.24 bits per heavy atom. The predicted molar refractivity (Wildman–Crippen MR) is 123 cm³/mol. The summed E-state index contributed by atoms with van der Waals surface area (Å²) in [5, 5.41) is 14.9. The van der Waals surface area contributed by atoms with Crippen molar-refractivity contribution in [1.82, 2.24) is 9.88 Å². The number of nitrogens with one attached hydrogen (secondary N) is 1. The van der Waals surface area contributed by atoms with E-state index in [1.54, 1.807) is 4.90 Å². The molecule has 0 aliphatic carbocycles. The number of pyridine rings is 1. The minimum absolute atomic E-state index is 0.0521. The Morgan fingerprint density at radius 3 is 2.64 bits per heavy atom. The molecule has 0 bridgehead atoms. The van der Waals surface area contributed by atoms with Crippen LogP contribution in [0.3, 0.4) is 0 Å². The monoisotopic (exact) mass is 470 g/mol. The van der Waals surface area contributed by atoms with Gasteiger partial charge in [0, 0.05) is 35.8 Å². The second-order valence-electron chi connectivity index (χ2n) is 7.57. The van der Waals surface area contributed by atoms with E-state index in [0.29, 0.717) is 47.1 Å². The summed E-state index contributed by atoms with van der Waals surface area (Å²) in [5.74, 6) is -0.734. The molecule has 1 saturated heterocycles. The van der Waals surface area contributed by atoms with Crippen LogP contribution in [0.25, 0.3) is 10.2 Å². The van der Waals surface area contributed by atoms with Gasteiger partial charge in [-0.05, 0) is 37.6 Å². The summed E-state index contributed by atoms with van der Waals surface area (Å²) in [7, 11) is 1.32. The third kappa shape index (κ3) is 4.37. The lowest BCUT2D eigenvalue weighted by atomic mass is 10.1. The molecular formula is C22H22N4O6S. The maximum Gasteiger partial charge on any atom is 0.311 e. The number of aryl methyl sites for hydroxylation is 2. The first kappa shape index (κ1) is 22.6. The Morgan fingerprint density at radius 2 is 1.97 bits per heavy atom. The quantitative estimate of drug-likeness (QED) is 0.447. The summed E-state index contributed by atoms with van der Waals surface area (Å²) in [6.07, 6.45) is 0. The summed E-state index contributed by atoms with van der Waals surface area (Å²) in [4.78, 5) is 44.4. The van der Waals surface area contributed by atoms with Crippen molar-refractivity contribution in [2.75, 3.05) is 38.7 Å². The molecule has 1 aliphatic heterocycles. The highest BCUT2D eigenvalue weighted by atomic mass is 32.1. The predicted octanol–water partition coefficient (Wildman–Crippen LogP) is 3.55. The molecular weight excluding hydrogens is 448 g/mol. The fraction of sp³-hybridized carbons (Fsp3) is 0.318. The number of nitrogens with zero attached hydrogens (tertiary/aromatic N) is 3. The second kappa shape index (κ2) is 9.12. The summed E-state index contributed by atoms with van der Waals surface area (Å²) < 4.78 is 10.4. The lowest BCUT2D eigenvalue weighted by molar-refractivity contribution is -0.385. The van der Waals surface area contributed by atoms with Gasteiger partial charge < -0.3 is 19.7 Å². The van der Waals surface area contributed by atoms with Crippen molar-refractivity contribution in [3.8, 4) is 5.75 Å². The van der Waals surface area contributed by atoms with E-state index in [9.17, 15) is 19.7 Å². The van der Waals surface area contributed by atoms with Gasteiger partial charge in [-0.15, -0.1) is 11.3 Å². The Balaban J connectivity index is 1.77. The molecule has 172 valence electrons. The number of hydrogen-bond donors (Lipinski definition) is 1. The molecule has 1 aromatic carbocycles. The van der Waals surface area contributed by atoms with Crippen molar-refractivity contribution in [2.45, 2.75) is 13.8 Å². The molecule has 0 unspecified atom stereocenters. The SMILES string of the molecule is COc1ccc(C(=O)Nc2c(C(=O)N3CCOCC3)sc3nc(C)cc(C)c23)cc1[N+](=O)[O-]. The Labute approximate surface area is 193 Å². The summed E-state index contributed by atoms with van der Waals surface area (Å²) in [5.41, 5.74) is 1.78. The van der Waals surface area contributed by atoms with Crippen LogP contribution in [0.15, 0.2) is 24.3 Å². The third-order valence-electron chi connectivity index (χ3n) is 5.36. The van der Waals surface area contributed by atoms with Crippen LogP contribution in [0.1, 0.15) is 31.3 Å². The normalized spacial score (nSPS) is 13.7. The number of ether oxygens (including phenoxy) is 2. The smallest absolute Gasteiger partial charge is 0.311 e. The number of morpholine rings is 1. The number of amides is 2. The fourth-order valence-corrected chi connectivity index (χ4v) is 5.00. The topological polar surface area (TPSA) is 124 Å². The molecule has 33 heavy (non-hydrogen) atoms. The van der Waals surface area contributed by atoms with Crippen molar-refractivity contribution in [3.05, 3.63) is 56.1 Å². The van der Waals surface area contributed by atoms with E-state index in [4.69, 9.17) is 9.47 Å². The van der Waals surface area contributed by atoms with E-state index in [1.807, 2.05) is 19.9 Å². The van der Waals surface area contributed by atoms with Crippen molar-refractivity contribution in [2.24, 2.45) is 0 Å². The largest absolute Gasteiger partial charge is 0.490 e. The molecule has 0 saturated carbocycles. The molecule has 2 amide bonds. The number of nitro groups is 1. The van der Waals surface area contributed by atoms with Gasteiger partial charge in [0.1, 0.15) is 9.71 Å². The standard InChI is InChI=1S/C22H22N4O6S/c1-12-10-13(2)23-21-17(12)18(19(33-21)22(28)25-6-8-32-9-7-25)24-20(27)14-4-5-16(31-3)15(11-14)26(29)30/h4-5,10-11H,6-9H2,1-3H3,(H,24,27). The minimum Gasteiger partial charge on any atom is -0.490 e. The first-order valence-corrected chi connectivity index (χ1v) is 11.0. The van der Waals surface area contributed by atoms with E-state index in [1.165, 1.54) is 30.6 Å². The van der Waals surface area contributed by atoms with Gasteiger partial charge >= 0.3 is 5.69 Å². The van der Waals surface area contributed by atoms with E-state index in [2.05, 4.69) is 10.3 Å². The van der Waals surface area contributed by atoms with Gasteiger partial charge in [-0.25, -0.2) is 4.98 Å². The van der Waals surface area contributed by atoms with Gasteiger partial charge in [-0.2, -0.15) is 0 Å². The highest BCUT2D eigenvalue weighted by Gasteiger charge is 2.28. The molecule has 2 aromatic heterocycles. The number of hydrogen-bond acceptors (Lipinski definition) is 8. The average molecular weight is 471 g/mol. The maximum atomic E-state index is 13.3. The molecule has 1 N–H and O–H groups in total. The zero-order chi connectivity index (χ0) is 23.7. The number of methoxy groups -OCH3 is 1. The highest BCUT2D eigenvalue weighted by molar-refractivity contribution is 7.21. The number of rotatable bonds is 5. The van der Waals surface area contributed by atoms with Gasteiger partial charge in [-0.3, -0.25) is 19.7 Å². The van der Waals surface area contributed by atoms with Gasteiger partial charge in [0.2, 0.25) is 0 Å². The molecule has 3 heterocycles. The Hall–Kier alpha value is -3.57. The van der Waals surface area contributed by atoms with Crippen LogP contribution in [0, 0.1) is 24.0 Å². The van der Waals surface area contributed by atoms with Crippen LogP contribution in [-0.4, -0.2) is 60.0 Å². The van der Waals surface area contributed by atoms with Crippen LogP contribution < -0.4 is 10.1 Å². The molecule has 0 spiro atoms. The molecule has 4 rings (SSSR count). The Kier molecular flexibility index (Phi) is 6.25. The number of benzene rings is 1. The second-order valence-corrected chi connectivity index (χ2v) is 8.57. The van der Waals surface area contributed by atoms with E-state index >= 15 is 0 Å². The Bertz CT molecular complexity index is 1270. The zero-order valence-electron chi connectivity index (χ0n) is 18.3. The van der Waals surface area contributed by atoms with Crippen molar-refractivity contribution >= 4 is 44.7 Å². The molecule has 3 aromatic rings. The number of nitro benzene ring substituents is 1. The van der Waals surface area contributed by atoms with Crippen LogP contribution >= 0.6 is 11.3 Å². The molecule has 10 nitrogen and oxygen atoms in total. The van der Waals surface area contributed by atoms with Crippen molar-refractivity contribution in [3.63, 3.8) is 0 Å². The average Bonchev–Trinajstić information content (AvgIpc) is 3.16. The lowest BCUT2D eigenvalue weighted by Gasteiger charge is -2.26. The lowest BCUT2D eigenvalue weighted by Crippen LogP contribution is -2.40. The molecule has 0 atom stereocenters. The molecule has 11 heteroatoms. The van der Waals surface area contributed by atoms with Crippen molar-refractivity contribution in [1.29, 1.82) is 0 Å². The van der Waals surface area contributed by atoms with Crippen LogP contribution in [0.4, 0.5) is 11.4 Å². The van der Waals surface area contributed by atoms with E-state index in [0.717, 1.165) is 17.3 Å². The molecule has 1 aliphatic rings. The third-order valence-corrected chi connectivity index (χ3v) is 6.43. The van der Waals surface area contributed by atoms with Gasteiger partial charge in [0.05, 0.1) is 30.9 Å². The summed E-state index contributed by atoms with van der Waals surface area (Å²) in [6.45, 7) is 5.56.